The van der Waals surface area contributed by atoms with Crippen molar-refractivity contribution in [1.82, 2.24) is 10.2 Å². The van der Waals surface area contributed by atoms with E-state index in [9.17, 15) is 9.90 Å². The van der Waals surface area contributed by atoms with E-state index < -0.39 is 5.54 Å². The van der Waals surface area contributed by atoms with Crippen LogP contribution >= 0.6 is 0 Å². The van der Waals surface area contributed by atoms with Crippen LogP contribution in [-0.2, 0) is 4.79 Å². The van der Waals surface area contributed by atoms with Crippen LogP contribution in [0.15, 0.2) is 0 Å². The van der Waals surface area contributed by atoms with Crippen molar-refractivity contribution < 1.29 is 9.90 Å². The monoisotopic (exact) mass is 253 g/mol. The van der Waals surface area contributed by atoms with Gasteiger partial charge in [-0.25, -0.2) is 0 Å². The number of amides is 1. The van der Waals surface area contributed by atoms with Crippen molar-refractivity contribution >= 4 is 5.91 Å². The molecule has 0 bridgehead atoms. The maximum Gasteiger partial charge on any atom is 0.235 e. The van der Waals surface area contributed by atoms with Gasteiger partial charge < -0.3 is 10.4 Å². The zero-order chi connectivity index (χ0) is 13.8. The van der Waals surface area contributed by atoms with Crippen molar-refractivity contribution in [1.29, 1.82) is 5.26 Å². The second kappa shape index (κ2) is 6.17. The maximum atomic E-state index is 12.0. The summed E-state index contributed by atoms with van der Waals surface area (Å²) >= 11 is 0. The Kier molecular flexibility index (Phi) is 5.12. The Bertz CT molecular complexity index is 338. The standard InChI is InChI=1S/C13H23N3O2/c1-10(2)13(3,9-14)15-12(18)7-16-6-4-5-11(16)8-17/h10-11,17H,4-8H2,1-3H3,(H,15,18)/t11-,13-/m0/s1. The fraction of sp³-hybridized carbons (Fsp3) is 0.846. The van der Waals surface area contributed by atoms with Crippen LogP contribution in [0.5, 0.6) is 0 Å². The van der Waals surface area contributed by atoms with Crippen LogP contribution < -0.4 is 5.32 Å². The molecular formula is C13H23N3O2. The van der Waals surface area contributed by atoms with Crippen molar-refractivity contribution in [2.24, 2.45) is 5.92 Å². The molecule has 2 N–H and O–H groups in total. The second-order valence-electron chi connectivity index (χ2n) is 5.47. The van der Waals surface area contributed by atoms with E-state index in [1.54, 1.807) is 6.92 Å². The average molecular weight is 253 g/mol. The SMILES string of the molecule is CC(C)[C@](C)(C#N)NC(=O)CN1CCC[C@H]1CO. The molecule has 5 nitrogen and oxygen atoms in total. The van der Waals surface area contributed by atoms with Crippen LogP contribution in [-0.4, -0.2) is 47.2 Å². The summed E-state index contributed by atoms with van der Waals surface area (Å²) in [5.74, 6) is -0.0910. The van der Waals surface area contributed by atoms with E-state index in [0.29, 0.717) is 0 Å². The van der Waals surface area contributed by atoms with Crippen molar-refractivity contribution in [3.05, 3.63) is 0 Å². The van der Waals surface area contributed by atoms with Crippen molar-refractivity contribution in [2.75, 3.05) is 19.7 Å². The van der Waals surface area contributed by atoms with Crippen LogP contribution in [0, 0.1) is 17.2 Å². The predicted molar refractivity (Wildman–Crippen MR) is 68.7 cm³/mol. The lowest BCUT2D eigenvalue weighted by molar-refractivity contribution is -0.124. The zero-order valence-corrected chi connectivity index (χ0v) is 11.4. The number of aliphatic hydroxyl groups excluding tert-OH is 1. The van der Waals surface area contributed by atoms with Gasteiger partial charge in [-0.1, -0.05) is 13.8 Å². The number of nitrogens with zero attached hydrogens (tertiary/aromatic N) is 2. The minimum atomic E-state index is -0.828. The van der Waals surface area contributed by atoms with Gasteiger partial charge in [0.25, 0.3) is 0 Å². The molecule has 0 aromatic heterocycles. The summed E-state index contributed by atoms with van der Waals surface area (Å²) < 4.78 is 0. The molecule has 0 spiro atoms. The van der Waals surface area contributed by atoms with Gasteiger partial charge in [0.15, 0.2) is 0 Å². The Balaban J connectivity index is 2.54. The molecule has 1 aliphatic rings. The number of nitriles is 1. The molecule has 0 saturated carbocycles. The van der Waals surface area contributed by atoms with E-state index >= 15 is 0 Å². The maximum absolute atomic E-state index is 12.0. The smallest absolute Gasteiger partial charge is 0.235 e. The average Bonchev–Trinajstić information content (AvgIpc) is 2.75. The van der Waals surface area contributed by atoms with E-state index in [1.807, 2.05) is 18.7 Å². The van der Waals surface area contributed by atoms with E-state index in [2.05, 4.69) is 11.4 Å². The fourth-order valence-corrected chi connectivity index (χ4v) is 2.13. The van der Waals surface area contributed by atoms with Gasteiger partial charge in [-0.05, 0) is 32.2 Å². The quantitative estimate of drug-likeness (QED) is 0.748. The van der Waals surface area contributed by atoms with E-state index in [1.165, 1.54) is 0 Å². The van der Waals surface area contributed by atoms with Crippen molar-refractivity contribution in [3.63, 3.8) is 0 Å². The number of likely N-dealkylation sites (tertiary alicyclic amines) is 1. The largest absolute Gasteiger partial charge is 0.395 e. The lowest BCUT2D eigenvalue weighted by Gasteiger charge is -2.29. The Morgan fingerprint density at radius 1 is 1.67 bits per heavy atom. The third-order valence-corrected chi connectivity index (χ3v) is 3.84. The predicted octanol–water partition coefficient (Wildman–Crippen LogP) is 0.498. The van der Waals surface area contributed by atoms with E-state index in [0.717, 1.165) is 19.4 Å². The lowest BCUT2D eigenvalue weighted by Crippen LogP contribution is -2.52. The molecule has 1 fully saturated rings. The first-order valence-electron chi connectivity index (χ1n) is 6.50. The molecule has 0 aliphatic carbocycles. The summed E-state index contributed by atoms with van der Waals surface area (Å²) in [4.78, 5) is 13.9. The number of aliphatic hydroxyl groups is 1. The van der Waals surface area contributed by atoms with E-state index in [-0.39, 0.29) is 31.0 Å². The van der Waals surface area contributed by atoms with Gasteiger partial charge in [0.2, 0.25) is 5.91 Å². The van der Waals surface area contributed by atoms with Crippen LogP contribution in [0.2, 0.25) is 0 Å². The first-order valence-corrected chi connectivity index (χ1v) is 6.50. The molecule has 18 heavy (non-hydrogen) atoms. The summed E-state index contributed by atoms with van der Waals surface area (Å²) in [7, 11) is 0. The third-order valence-electron chi connectivity index (χ3n) is 3.84. The highest BCUT2D eigenvalue weighted by Crippen LogP contribution is 2.18. The van der Waals surface area contributed by atoms with Gasteiger partial charge in [0.05, 0.1) is 19.2 Å². The summed E-state index contributed by atoms with van der Waals surface area (Å²) in [5.41, 5.74) is -0.828. The molecule has 0 aromatic rings. The number of rotatable bonds is 5. The minimum Gasteiger partial charge on any atom is -0.395 e. The van der Waals surface area contributed by atoms with Gasteiger partial charge in [-0.3, -0.25) is 9.69 Å². The van der Waals surface area contributed by atoms with E-state index in [4.69, 9.17) is 5.26 Å². The number of carbonyl (C=O) groups excluding carboxylic acids is 1. The molecule has 1 amide bonds. The first-order chi connectivity index (χ1) is 8.42. The topological polar surface area (TPSA) is 76.4 Å². The fourth-order valence-electron chi connectivity index (χ4n) is 2.13. The normalized spacial score (nSPS) is 23.7. The summed E-state index contributed by atoms with van der Waals surface area (Å²) in [6, 6.07) is 2.25. The molecule has 1 rings (SSSR count). The van der Waals surface area contributed by atoms with Crippen LogP contribution in [0.25, 0.3) is 0 Å². The number of carbonyl (C=O) groups is 1. The molecule has 0 aromatic carbocycles. The van der Waals surface area contributed by atoms with Crippen molar-refractivity contribution in [2.45, 2.75) is 45.2 Å². The number of hydrogen-bond donors (Lipinski definition) is 2. The summed E-state index contributed by atoms with van der Waals surface area (Å²) in [5, 5.41) is 21.1. The van der Waals surface area contributed by atoms with Gasteiger partial charge in [-0.15, -0.1) is 0 Å². The van der Waals surface area contributed by atoms with Gasteiger partial charge in [0, 0.05) is 6.04 Å². The van der Waals surface area contributed by atoms with Gasteiger partial charge >= 0.3 is 0 Å². The molecule has 1 aliphatic heterocycles. The Labute approximate surface area is 109 Å². The zero-order valence-electron chi connectivity index (χ0n) is 11.4. The molecule has 1 heterocycles. The molecule has 0 radical (unpaired) electrons. The Hall–Kier alpha value is -1.12. The first kappa shape index (κ1) is 14.9. The molecular weight excluding hydrogens is 230 g/mol. The molecule has 5 heteroatoms. The molecule has 102 valence electrons. The second-order valence-corrected chi connectivity index (χ2v) is 5.47. The van der Waals surface area contributed by atoms with Crippen LogP contribution in [0.1, 0.15) is 33.6 Å². The van der Waals surface area contributed by atoms with Gasteiger partial charge in [0.1, 0.15) is 5.54 Å². The van der Waals surface area contributed by atoms with Crippen LogP contribution in [0.3, 0.4) is 0 Å². The minimum absolute atomic E-state index is 0.0543. The summed E-state index contributed by atoms with van der Waals surface area (Å²) in [6.45, 7) is 6.75. The highest BCUT2D eigenvalue weighted by Gasteiger charge is 2.32. The number of hydrogen-bond acceptors (Lipinski definition) is 4. The van der Waals surface area contributed by atoms with Gasteiger partial charge in [-0.2, -0.15) is 5.26 Å². The van der Waals surface area contributed by atoms with Crippen molar-refractivity contribution in [3.8, 4) is 6.07 Å². The molecule has 1 saturated heterocycles. The number of nitrogens with one attached hydrogen (secondary N) is 1. The lowest BCUT2D eigenvalue weighted by atomic mass is 9.90. The third kappa shape index (κ3) is 3.44. The molecule has 0 unspecified atom stereocenters. The summed E-state index contributed by atoms with van der Waals surface area (Å²) in [6.07, 6.45) is 1.95. The molecule has 2 atom stereocenters. The Morgan fingerprint density at radius 2 is 2.33 bits per heavy atom. The highest BCUT2D eigenvalue weighted by atomic mass is 16.3. The Morgan fingerprint density at radius 3 is 2.83 bits per heavy atom. The highest BCUT2D eigenvalue weighted by molar-refractivity contribution is 5.79. The van der Waals surface area contributed by atoms with Crippen LogP contribution in [0.4, 0.5) is 0 Å².